The van der Waals surface area contributed by atoms with Crippen molar-refractivity contribution in [3.8, 4) is 0 Å². The van der Waals surface area contributed by atoms with Crippen LogP contribution in [-0.2, 0) is 10.0 Å². The molecule has 18 heavy (non-hydrogen) atoms. The van der Waals surface area contributed by atoms with Gasteiger partial charge in [0.05, 0.1) is 6.26 Å². The van der Waals surface area contributed by atoms with E-state index in [9.17, 15) is 13.2 Å². The first-order valence-electron chi connectivity index (χ1n) is 5.10. The Morgan fingerprint density at radius 2 is 1.78 bits per heavy atom. The number of ketones is 1. The number of anilines is 1. The smallest absolute Gasteiger partial charge is 0.229 e. The molecule has 0 saturated carbocycles. The van der Waals surface area contributed by atoms with Crippen molar-refractivity contribution >= 4 is 32.8 Å². The number of hydrogen-bond donors (Lipinski definition) is 1. The van der Waals surface area contributed by atoms with Crippen molar-refractivity contribution in [2.24, 2.45) is 0 Å². The van der Waals surface area contributed by atoms with Crippen molar-refractivity contribution in [3.63, 3.8) is 0 Å². The van der Waals surface area contributed by atoms with Crippen molar-refractivity contribution in [1.29, 1.82) is 0 Å². The Labute approximate surface area is 109 Å². The average Bonchev–Trinajstić information content (AvgIpc) is 2.80. The van der Waals surface area contributed by atoms with Gasteiger partial charge in [0.25, 0.3) is 0 Å². The third kappa shape index (κ3) is 3.18. The highest BCUT2D eigenvalue weighted by molar-refractivity contribution is 7.92. The Morgan fingerprint density at radius 1 is 1.11 bits per heavy atom. The zero-order valence-corrected chi connectivity index (χ0v) is 11.2. The first-order chi connectivity index (χ1) is 8.46. The maximum atomic E-state index is 12.0. The van der Waals surface area contributed by atoms with Gasteiger partial charge in [-0.15, -0.1) is 0 Å². The fourth-order valence-corrected chi connectivity index (χ4v) is 2.66. The fraction of sp³-hybridized carbons (Fsp3) is 0.0833. The van der Waals surface area contributed by atoms with Crippen LogP contribution in [0.2, 0.25) is 0 Å². The third-order valence-corrected chi connectivity index (χ3v) is 3.52. The lowest BCUT2D eigenvalue weighted by atomic mass is 10.1. The maximum absolute atomic E-state index is 12.0. The molecule has 0 radical (unpaired) electrons. The topological polar surface area (TPSA) is 63.2 Å². The van der Waals surface area contributed by atoms with E-state index in [0.29, 0.717) is 16.8 Å². The average molecular weight is 281 g/mol. The quantitative estimate of drug-likeness (QED) is 0.875. The standard InChI is InChI=1S/C12H11NO3S2/c1-18(15,16)13-11-4-2-9(3-5-11)12(14)10-6-7-17-8-10/h2-8,13H,1H3. The molecule has 0 atom stereocenters. The second kappa shape index (κ2) is 4.91. The van der Waals surface area contributed by atoms with E-state index in [4.69, 9.17) is 0 Å². The lowest BCUT2D eigenvalue weighted by Gasteiger charge is -2.04. The Hall–Kier alpha value is -1.66. The SMILES string of the molecule is CS(=O)(=O)Nc1ccc(C(=O)c2ccsc2)cc1. The highest BCUT2D eigenvalue weighted by Gasteiger charge is 2.09. The van der Waals surface area contributed by atoms with Gasteiger partial charge in [-0.05, 0) is 35.7 Å². The van der Waals surface area contributed by atoms with Crippen LogP contribution in [0, 0.1) is 0 Å². The zero-order valence-electron chi connectivity index (χ0n) is 9.58. The minimum absolute atomic E-state index is 0.0674. The lowest BCUT2D eigenvalue weighted by molar-refractivity contribution is 0.103. The second-order valence-electron chi connectivity index (χ2n) is 3.79. The number of thiophene rings is 1. The van der Waals surface area contributed by atoms with Gasteiger partial charge in [-0.3, -0.25) is 9.52 Å². The summed E-state index contributed by atoms with van der Waals surface area (Å²) in [6.45, 7) is 0. The van der Waals surface area contributed by atoms with E-state index in [1.54, 1.807) is 35.7 Å². The molecule has 2 rings (SSSR count). The van der Waals surface area contributed by atoms with Gasteiger partial charge in [0, 0.05) is 22.2 Å². The van der Waals surface area contributed by atoms with Crippen LogP contribution in [0.1, 0.15) is 15.9 Å². The Balaban J connectivity index is 2.20. The van der Waals surface area contributed by atoms with E-state index in [1.165, 1.54) is 11.3 Å². The largest absolute Gasteiger partial charge is 0.289 e. The predicted octanol–water partition coefficient (Wildman–Crippen LogP) is 2.35. The first kappa shape index (κ1) is 12.8. The number of rotatable bonds is 4. The molecule has 0 fully saturated rings. The minimum atomic E-state index is -3.29. The summed E-state index contributed by atoms with van der Waals surface area (Å²) in [6, 6.07) is 8.11. The molecular formula is C12H11NO3S2. The molecule has 1 aromatic carbocycles. The molecule has 94 valence electrons. The van der Waals surface area contributed by atoms with Gasteiger partial charge < -0.3 is 0 Å². The van der Waals surface area contributed by atoms with E-state index < -0.39 is 10.0 Å². The summed E-state index contributed by atoms with van der Waals surface area (Å²) < 4.78 is 24.4. The molecule has 6 heteroatoms. The van der Waals surface area contributed by atoms with Crippen LogP contribution < -0.4 is 4.72 Å². The number of carbonyl (C=O) groups excluding carboxylic acids is 1. The van der Waals surface area contributed by atoms with Gasteiger partial charge in [-0.1, -0.05) is 0 Å². The number of benzene rings is 1. The third-order valence-electron chi connectivity index (χ3n) is 2.23. The molecule has 1 aromatic heterocycles. The second-order valence-corrected chi connectivity index (χ2v) is 6.32. The van der Waals surface area contributed by atoms with Gasteiger partial charge in [0.15, 0.2) is 5.78 Å². The normalized spacial score (nSPS) is 11.2. The number of hydrogen-bond acceptors (Lipinski definition) is 4. The molecule has 0 amide bonds. The van der Waals surface area contributed by atoms with Crippen LogP contribution >= 0.6 is 11.3 Å². The van der Waals surface area contributed by atoms with Crippen LogP contribution in [0.15, 0.2) is 41.1 Å². The van der Waals surface area contributed by atoms with Crippen LogP contribution in [0.5, 0.6) is 0 Å². The van der Waals surface area contributed by atoms with Crippen LogP contribution in [-0.4, -0.2) is 20.5 Å². The van der Waals surface area contributed by atoms with Crippen molar-refractivity contribution in [2.75, 3.05) is 11.0 Å². The highest BCUT2D eigenvalue weighted by Crippen LogP contribution is 2.16. The summed E-state index contributed by atoms with van der Waals surface area (Å²) in [4.78, 5) is 12.0. The number of sulfonamides is 1. The van der Waals surface area contributed by atoms with Gasteiger partial charge in [0.2, 0.25) is 10.0 Å². The van der Waals surface area contributed by atoms with Crippen molar-refractivity contribution in [1.82, 2.24) is 0 Å². The van der Waals surface area contributed by atoms with Gasteiger partial charge >= 0.3 is 0 Å². The highest BCUT2D eigenvalue weighted by atomic mass is 32.2. The molecule has 0 aliphatic heterocycles. The van der Waals surface area contributed by atoms with Crippen LogP contribution in [0.3, 0.4) is 0 Å². The summed E-state index contributed by atoms with van der Waals surface area (Å²) in [7, 11) is -3.29. The molecule has 1 N–H and O–H groups in total. The molecule has 0 unspecified atom stereocenters. The summed E-state index contributed by atoms with van der Waals surface area (Å²) in [5, 5.41) is 3.62. The van der Waals surface area contributed by atoms with Crippen LogP contribution in [0.4, 0.5) is 5.69 Å². The van der Waals surface area contributed by atoms with Crippen molar-refractivity contribution in [2.45, 2.75) is 0 Å². The van der Waals surface area contributed by atoms with Gasteiger partial charge in [0.1, 0.15) is 0 Å². The Morgan fingerprint density at radius 3 is 2.28 bits per heavy atom. The molecule has 2 aromatic rings. The van der Waals surface area contributed by atoms with E-state index in [1.807, 2.05) is 5.38 Å². The molecule has 4 nitrogen and oxygen atoms in total. The summed E-state index contributed by atoms with van der Waals surface area (Å²) >= 11 is 1.46. The lowest BCUT2D eigenvalue weighted by Crippen LogP contribution is -2.09. The molecule has 0 aliphatic carbocycles. The van der Waals surface area contributed by atoms with E-state index >= 15 is 0 Å². The molecular weight excluding hydrogens is 270 g/mol. The molecule has 0 bridgehead atoms. The van der Waals surface area contributed by atoms with Crippen molar-refractivity contribution < 1.29 is 13.2 Å². The van der Waals surface area contributed by atoms with Crippen LogP contribution in [0.25, 0.3) is 0 Å². The van der Waals surface area contributed by atoms with Gasteiger partial charge in [-0.25, -0.2) is 8.42 Å². The van der Waals surface area contributed by atoms with Crippen molar-refractivity contribution in [3.05, 3.63) is 52.2 Å². The molecule has 0 aliphatic rings. The molecule has 0 spiro atoms. The van der Waals surface area contributed by atoms with Gasteiger partial charge in [-0.2, -0.15) is 11.3 Å². The summed E-state index contributed by atoms with van der Waals surface area (Å²) in [6.07, 6.45) is 1.08. The van der Waals surface area contributed by atoms with E-state index in [2.05, 4.69) is 4.72 Å². The molecule has 0 saturated heterocycles. The van der Waals surface area contributed by atoms with E-state index in [0.717, 1.165) is 6.26 Å². The summed E-state index contributed by atoms with van der Waals surface area (Å²) in [5.41, 5.74) is 1.62. The van der Waals surface area contributed by atoms with E-state index in [-0.39, 0.29) is 5.78 Å². The monoisotopic (exact) mass is 281 g/mol. The number of nitrogens with one attached hydrogen (secondary N) is 1. The first-order valence-corrected chi connectivity index (χ1v) is 7.94. The molecule has 1 heterocycles. The minimum Gasteiger partial charge on any atom is -0.289 e. The fourth-order valence-electron chi connectivity index (χ4n) is 1.46. The zero-order chi connectivity index (χ0) is 13.2. The predicted molar refractivity (Wildman–Crippen MR) is 72.7 cm³/mol. The Kier molecular flexibility index (Phi) is 3.49. The number of carbonyl (C=O) groups is 1. The Bertz CT molecular complexity index is 643. The summed E-state index contributed by atoms with van der Waals surface area (Å²) in [5.74, 6) is -0.0674. The maximum Gasteiger partial charge on any atom is 0.229 e.